The Labute approximate surface area is 179 Å². The van der Waals surface area contributed by atoms with Crippen LogP contribution in [0.15, 0.2) is 35.1 Å². The number of aromatic nitrogens is 5. The van der Waals surface area contributed by atoms with E-state index in [1.54, 1.807) is 30.1 Å². The van der Waals surface area contributed by atoms with Gasteiger partial charge in [-0.1, -0.05) is 0 Å². The zero-order chi connectivity index (χ0) is 23.2. The normalized spacial score (nSPS) is 15.4. The monoisotopic (exact) mass is 452 g/mol. The predicted molar refractivity (Wildman–Crippen MR) is 105 cm³/mol. The van der Waals surface area contributed by atoms with E-state index in [4.69, 9.17) is 0 Å². The molecule has 4 rings (SSSR count). The Kier molecular flexibility index (Phi) is 5.39. The fourth-order valence-electron chi connectivity index (χ4n) is 3.85. The molecule has 1 amide bonds. The van der Waals surface area contributed by atoms with E-state index in [0.717, 1.165) is 11.7 Å². The molecule has 3 heterocycles. The Hall–Kier alpha value is -3.44. The van der Waals surface area contributed by atoms with Crippen molar-refractivity contribution in [2.45, 2.75) is 25.1 Å². The minimum Gasteiger partial charge on any atom is -0.337 e. The first-order valence-electron chi connectivity index (χ1n) is 9.88. The van der Waals surface area contributed by atoms with Crippen LogP contribution in [0, 0.1) is 5.82 Å². The van der Waals surface area contributed by atoms with Crippen LogP contribution in [0.4, 0.5) is 17.6 Å². The number of carbonyl (C=O) groups is 1. The number of likely N-dealkylation sites (tertiary alicyclic amines) is 1. The lowest BCUT2D eigenvalue weighted by Gasteiger charge is -2.31. The van der Waals surface area contributed by atoms with Gasteiger partial charge in [0.05, 0.1) is 11.7 Å². The van der Waals surface area contributed by atoms with Crippen LogP contribution in [0.5, 0.6) is 0 Å². The fraction of sp³-hybridized carbons (Fsp3) is 0.400. The van der Waals surface area contributed by atoms with Crippen LogP contribution >= 0.6 is 0 Å². The molecule has 0 spiro atoms. The van der Waals surface area contributed by atoms with Gasteiger partial charge < -0.3 is 4.90 Å². The highest BCUT2D eigenvalue weighted by Gasteiger charge is 2.39. The Balaban J connectivity index is 1.48. The summed E-state index contributed by atoms with van der Waals surface area (Å²) in [6.07, 6.45) is -4.14. The molecule has 0 N–H and O–H groups in total. The number of alkyl halides is 3. The molecule has 0 saturated carbocycles. The standard InChI is InChI=1S/C20H20F4N6O2/c1-27-18(20(22,23)24)26-30(19(27)32)14-7-9-29(10-8-14)17(31)16-11-15(25-28(16)2)12-3-5-13(21)6-4-12/h3-6,11,14H,7-10H2,1-2H3. The molecule has 1 aliphatic rings. The summed E-state index contributed by atoms with van der Waals surface area (Å²) in [5.74, 6) is -1.90. The Morgan fingerprint density at radius 2 is 1.69 bits per heavy atom. The molecule has 12 heteroatoms. The van der Waals surface area contributed by atoms with Crippen molar-refractivity contribution >= 4 is 5.91 Å². The molecule has 0 bridgehead atoms. The molecule has 0 radical (unpaired) electrons. The highest BCUT2D eigenvalue weighted by molar-refractivity contribution is 5.93. The molecule has 2 aromatic heterocycles. The van der Waals surface area contributed by atoms with Crippen molar-refractivity contribution in [3.05, 3.63) is 58.2 Å². The molecule has 170 valence electrons. The fourth-order valence-corrected chi connectivity index (χ4v) is 3.85. The number of hydrogen-bond acceptors (Lipinski definition) is 4. The van der Waals surface area contributed by atoms with E-state index in [9.17, 15) is 27.2 Å². The van der Waals surface area contributed by atoms with Crippen LogP contribution in [0.2, 0.25) is 0 Å². The van der Waals surface area contributed by atoms with Crippen molar-refractivity contribution in [3.63, 3.8) is 0 Å². The van der Waals surface area contributed by atoms with Gasteiger partial charge in [0.15, 0.2) is 0 Å². The molecule has 1 aromatic carbocycles. The average Bonchev–Trinajstić information content (AvgIpc) is 3.28. The first-order valence-corrected chi connectivity index (χ1v) is 9.88. The largest absolute Gasteiger partial charge is 0.451 e. The van der Waals surface area contributed by atoms with Gasteiger partial charge >= 0.3 is 11.9 Å². The van der Waals surface area contributed by atoms with Crippen molar-refractivity contribution < 1.29 is 22.4 Å². The third-order valence-electron chi connectivity index (χ3n) is 5.59. The molecule has 0 atom stereocenters. The smallest absolute Gasteiger partial charge is 0.337 e. The van der Waals surface area contributed by atoms with Crippen molar-refractivity contribution in [2.24, 2.45) is 14.1 Å². The third-order valence-corrected chi connectivity index (χ3v) is 5.59. The van der Waals surface area contributed by atoms with E-state index in [0.29, 0.717) is 34.4 Å². The lowest BCUT2D eigenvalue weighted by molar-refractivity contribution is -0.147. The van der Waals surface area contributed by atoms with Crippen LogP contribution in [-0.2, 0) is 20.3 Å². The Bertz CT molecular complexity index is 1200. The van der Waals surface area contributed by atoms with E-state index in [2.05, 4.69) is 10.2 Å². The molecular formula is C20H20F4N6O2. The summed E-state index contributed by atoms with van der Waals surface area (Å²) in [4.78, 5) is 26.8. The molecular weight excluding hydrogens is 432 g/mol. The highest BCUT2D eigenvalue weighted by Crippen LogP contribution is 2.28. The number of rotatable bonds is 3. The lowest BCUT2D eigenvalue weighted by Crippen LogP contribution is -2.41. The maximum absolute atomic E-state index is 13.1. The van der Waals surface area contributed by atoms with Crippen LogP contribution in [0.1, 0.15) is 35.2 Å². The van der Waals surface area contributed by atoms with Gasteiger partial charge in [0.1, 0.15) is 11.5 Å². The second-order valence-corrected chi connectivity index (χ2v) is 7.68. The molecule has 3 aromatic rings. The molecule has 0 unspecified atom stereocenters. The van der Waals surface area contributed by atoms with Crippen LogP contribution in [-0.4, -0.2) is 48.0 Å². The van der Waals surface area contributed by atoms with Crippen LogP contribution in [0.3, 0.4) is 0 Å². The van der Waals surface area contributed by atoms with E-state index >= 15 is 0 Å². The quantitative estimate of drug-likeness (QED) is 0.573. The van der Waals surface area contributed by atoms with Gasteiger partial charge in [-0.2, -0.15) is 18.3 Å². The van der Waals surface area contributed by atoms with Gasteiger partial charge in [-0.15, -0.1) is 5.10 Å². The Morgan fingerprint density at radius 3 is 2.25 bits per heavy atom. The summed E-state index contributed by atoms with van der Waals surface area (Å²) in [5.41, 5.74) is 0.676. The van der Waals surface area contributed by atoms with Crippen LogP contribution < -0.4 is 5.69 Å². The minimum absolute atomic E-state index is 0.255. The van der Waals surface area contributed by atoms with Gasteiger partial charge in [0.25, 0.3) is 5.91 Å². The van der Waals surface area contributed by atoms with Crippen LogP contribution in [0.25, 0.3) is 11.3 Å². The molecule has 8 nitrogen and oxygen atoms in total. The first-order chi connectivity index (χ1) is 15.1. The number of hydrogen-bond donors (Lipinski definition) is 0. The van der Waals surface area contributed by atoms with E-state index in [-0.39, 0.29) is 24.8 Å². The number of aryl methyl sites for hydroxylation is 1. The molecule has 1 saturated heterocycles. The van der Waals surface area contributed by atoms with Gasteiger partial charge in [-0.25, -0.2) is 13.9 Å². The van der Waals surface area contributed by atoms with Gasteiger partial charge in [-0.3, -0.25) is 14.0 Å². The molecule has 0 aliphatic carbocycles. The number of amides is 1. The van der Waals surface area contributed by atoms with Crippen molar-refractivity contribution in [1.82, 2.24) is 29.0 Å². The summed E-state index contributed by atoms with van der Waals surface area (Å²) in [6.45, 7) is 0.510. The highest BCUT2D eigenvalue weighted by atomic mass is 19.4. The second kappa shape index (κ2) is 7.92. The Morgan fingerprint density at radius 1 is 1.06 bits per heavy atom. The topological polar surface area (TPSA) is 78.0 Å². The summed E-state index contributed by atoms with van der Waals surface area (Å²) >= 11 is 0. The molecule has 1 aliphatic heterocycles. The zero-order valence-electron chi connectivity index (χ0n) is 17.3. The van der Waals surface area contributed by atoms with Crippen molar-refractivity contribution in [1.29, 1.82) is 0 Å². The summed E-state index contributed by atoms with van der Waals surface area (Å²) in [5, 5.41) is 7.81. The van der Waals surface area contributed by atoms with Gasteiger partial charge in [0, 0.05) is 32.7 Å². The first kappa shape index (κ1) is 21.8. The summed E-state index contributed by atoms with van der Waals surface area (Å²) in [7, 11) is 2.66. The molecule has 1 fully saturated rings. The maximum Gasteiger partial charge on any atom is 0.451 e. The maximum atomic E-state index is 13.1. The summed E-state index contributed by atoms with van der Waals surface area (Å²) in [6, 6.07) is 6.82. The van der Waals surface area contributed by atoms with Crippen molar-refractivity contribution in [2.75, 3.05) is 13.1 Å². The van der Waals surface area contributed by atoms with Gasteiger partial charge in [-0.05, 0) is 43.2 Å². The number of piperidine rings is 1. The second-order valence-electron chi connectivity index (χ2n) is 7.68. The van der Waals surface area contributed by atoms with E-state index < -0.39 is 23.7 Å². The number of halogens is 4. The predicted octanol–water partition coefficient (Wildman–Crippen LogP) is 2.62. The van der Waals surface area contributed by atoms with Crippen molar-refractivity contribution in [3.8, 4) is 11.3 Å². The number of carbonyl (C=O) groups excluding carboxylic acids is 1. The van der Waals surface area contributed by atoms with E-state index in [1.165, 1.54) is 16.8 Å². The van der Waals surface area contributed by atoms with Gasteiger partial charge in [0.2, 0.25) is 5.82 Å². The number of benzene rings is 1. The molecule has 32 heavy (non-hydrogen) atoms. The third kappa shape index (κ3) is 3.92. The SMILES string of the molecule is Cn1nc(-c2ccc(F)cc2)cc1C(=O)N1CCC(n2nc(C(F)(F)F)n(C)c2=O)CC1. The van der Waals surface area contributed by atoms with E-state index in [1.807, 2.05) is 0 Å². The zero-order valence-corrected chi connectivity index (χ0v) is 17.3. The lowest BCUT2D eigenvalue weighted by atomic mass is 10.0. The minimum atomic E-state index is -4.72. The number of nitrogens with zero attached hydrogens (tertiary/aromatic N) is 6. The summed E-state index contributed by atoms with van der Waals surface area (Å²) < 4.78 is 55.0. The average molecular weight is 452 g/mol.